The molecule has 7 rings (SSSR count). The van der Waals surface area contributed by atoms with E-state index in [-0.39, 0.29) is 11.6 Å². The summed E-state index contributed by atoms with van der Waals surface area (Å²) < 4.78 is 39.1. The molecule has 0 saturated carbocycles. The lowest BCUT2D eigenvalue weighted by atomic mass is 9.98. The molecule has 190 valence electrons. The van der Waals surface area contributed by atoms with E-state index in [1.54, 1.807) is 6.20 Å². The molecule has 4 aromatic rings. The fourth-order valence-corrected chi connectivity index (χ4v) is 5.09. The number of morpholine rings is 1. The summed E-state index contributed by atoms with van der Waals surface area (Å²) in [7, 11) is 0. The van der Waals surface area contributed by atoms with Gasteiger partial charge >= 0.3 is 0 Å². The number of ether oxygens (including phenoxy) is 2. The summed E-state index contributed by atoms with van der Waals surface area (Å²) in [5, 5.41) is 12.8. The lowest BCUT2D eigenvalue weighted by molar-refractivity contribution is -0.133. The van der Waals surface area contributed by atoms with Crippen molar-refractivity contribution < 1.29 is 18.3 Å². The van der Waals surface area contributed by atoms with Gasteiger partial charge < -0.3 is 19.7 Å². The molecule has 6 nitrogen and oxygen atoms in total. The zero-order valence-electron chi connectivity index (χ0n) is 20.5. The Hall–Kier alpha value is -3.78. The van der Waals surface area contributed by atoms with Gasteiger partial charge in [-0.3, -0.25) is 0 Å². The zero-order valence-corrected chi connectivity index (χ0v) is 20.5. The Bertz CT molecular complexity index is 1390. The van der Waals surface area contributed by atoms with Gasteiger partial charge in [0.05, 0.1) is 29.6 Å². The Morgan fingerprint density at radius 3 is 2.54 bits per heavy atom. The van der Waals surface area contributed by atoms with Gasteiger partial charge in [-0.1, -0.05) is 30.3 Å². The number of anilines is 2. The molecule has 3 aromatic carbocycles. The molecule has 3 aliphatic heterocycles. The van der Waals surface area contributed by atoms with Crippen molar-refractivity contribution in [1.82, 2.24) is 10.2 Å². The smallest absolute Gasteiger partial charge is 0.263 e. The van der Waals surface area contributed by atoms with E-state index in [9.17, 15) is 8.78 Å². The first-order chi connectivity index (χ1) is 18.0. The summed E-state index contributed by atoms with van der Waals surface area (Å²) in [4.78, 5) is 2.35. The molecule has 0 amide bonds. The molecule has 1 aromatic heterocycles. The molecule has 3 fully saturated rings. The van der Waals surface area contributed by atoms with E-state index in [1.165, 1.54) is 12.1 Å². The van der Waals surface area contributed by atoms with E-state index < -0.39 is 6.43 Å². The van der Waals surface area contributed by atoms with Crippen LogP contribution < -0.4 is 15.0 Å². The van der Waals surface area contributed by atoms with E-state index in [0.717, 1.165) is 47.4 Å². The molecular formula is C29H28F2N4O2. The van der Waals surface area contributed by atoms with Crippen LogP contribution >= 0.6 is 0 Å². The van der Waals surface area contributed by atoms with Gasteiger partial charge in [-0.15, -0.1) is 0 Å². The minimum absolute atomic E-state index is 0.0694. The standard InChI is InChI=1S/C29H28F2N4O2/c1-18(20-9-21(29(30)31)11-23(10-20)36-17-19-5-3-2-4-6-19)33-28-14-32-34-27-8-7-22(12-26(27)28)35-15-24-13-25(16-35)37-24/h2-12,14,18,24-25,29H,13,15-17H2,1H3,(H,33,34)/t18-,24?,25?/m1/s1. The third-order valence-corrected chi connectivity index (χ3v) is 7.07. The molecule has 0 spiro atoms. The van der Waals surface area contributed by atoms with E-state index in [4.69, 9.17) is 9.47 Å². The normalized spacial score (nSPS) is 19.5. The predicted molar refractivity (Wildman–Crippen MR) is 139 cm³/mol. The number of nitrogens with one attached hydrogen (secondary N) is 1. The van der Waals surface area contributed by atoms with Crippen LogP contribution in [0.15, 0.2) is 72.9 Å². The summed E-state index contributed by atoms with van der Waals surface area (Å²) in [6, 6.07) is 20.3. The van der Waals surface area contributed by atoms with E-state index >= 15 is 0 Å². The Morgan fingerprint density at radius 1 is 1.03 bits per heavy atom. The van der Waals surface area contributed by atoms with Crippen molar-refractivity contribution >= 4 is 22.3 Å². The Labute approximate surface area is 214 Å². The Morgan fingerprint density at radius 2 is 1.78 bits per heavy atom. The number of hydrogen-bond acceptors (Lipinski definition) is 6. The van der Waals surface area contributed by atoms with Gasteiger partial charge in [-0.25, -0.2) is 8.78 Å². The number of rotatable bonds is 8. The topological polar surface area (TPSA) is 59.5 Å². The highest BCUT2D eigenvalue weighted by molar-refractivity contribution is 5.93. The highest BCUT2D eigenvalue weighted by atomic mass is 19.3. The number of benzene rings is 3. The van der Waals surface area contributed by atoms with Gasteiger partial charge in [0.15, 0.2) is 0 Å². The lowest BCUT2D eigenvalue weighted by Crippen LogP contribution is -2.57. The first-order valence-electron chi connectivity index (χ1n) is 12.5. The minimum atomic E-state index is -2.60. The Balaban J connectivity index is 1.25. The Kier molecular flexibility index (Phi) is 6.34. The second-order valence-electron chi connectivity index (χ2n) is 9.76. The molecule has 1 N–H and O–H groups in total. The van der Waals surface area contributed by atoms with E-state index in [1.807, 2.05) is 49.4 Å². The van der Waals surface area contributed by atoms with Crippen molar-refractivity contribution in [2.45, 2.75) is 44.6 Å². The molecule has 0 aliphatic carbocycles. The summed E-state index contributed by atoms with van der Waals surface area (Å²) in [5.41, 5.74) is 4.29. The maximum Gasteiger partial charge on any atom is 0.263 e. The number of halogens is 2. The van der Waals surface area contributed by atoms with Gasteiger partial charge in [-0.05, 0) is 54.4 Å². The number of fused-ring (bicyclic) bond motifs is 3. The lowest BCUT2D eigenvalue weighted by Gasteiger charge is -2.48. The monoisotopic (exact) mass is 502 g/mol. The summed E-state index contributed by atoms with van der Waals surface area (Å²) >= 11 is 0. The van der Waals surface area contributed by atoms with Crippen LogP contribution in [-0.4, -0.2) is 35.5 Å². The van der Waals surface area contributed by atoms with Gasteiger partial charge in [-0.2, -0.15) is 10.2 Å². The molecule has 37 heavy (non-hydrogen) atoms. The summed E-state index contributed by atoms with van der Waals surface area (Å²) in [6.45, 7) is 4.01. The molecule has 3 atom stereocenters. The average molecular weight is 503 g/mol. The third-order valence-electron chi connectivity index (χ3n) is 7.07. The number of nitrogens with zero attached hydrogens (tertiary/aromatic N) is 3. The third kappa shape index (κ3) is 5.06. The van der Waals surface area contributed by atoms with Crippen molar-refractivity contribution in [3.8, 4) is 5.75 Å². The molecule has 3 aliphatic rings. The summed E-state index contributed by atoms with van der Waals surface area (Å²) in [5.74, 6) is 0.413. The van der Waals surface area contributed by atoms with Crippen LogP contribution in [0.5, 0.6) is 5.75 Å². The molecular weight excluding hydrogens is 474 g/mol. The van der Waals surface area contributed by atoms with Crippen molar-refractivity contribution in [2.24, 2.45) is 0 Å². The van der Waals surface area contributed by atoms with Gasteiger partial charge in [0, 0.05) is 42.2 Å². The average Bonchev–Trinajstić information content (AvgIpc) is 2.92. The SMILES string of the molecule is C[C@@H](Nc1cnnc2ccc(N3CC4CC(C3)O4)cc12)c1cc(OCc2ccccc2)cc(C(F)F)c1. The highest BCUT2D eigenvalue weighted by Gasteiger charge is 2.38. The second-order valence-corrected chi connectivity index (χ2v) is 9.76. The second kappa shape index (κ2) is 9.94. The number of hydrogen-bond donors (Lipinski definition) is 1. The maximum atomic E-state index is 13.7. The van der Waals surface area contributed by atoms with Crippen LogP contribution in [0.3, 0.4) is 0 Å². The van der Waals surface area contributed by atoms with Crippen molar-refractivity contribution in [1.29, 1.82) is 0 Å². The van der Waals surface area contributed by atoms with Crippen molar-refractivity contribution in [3.63, 3.8) is 0 Å². The molecule has 4 heterocycles. The van der Waals surface area contributed by atoms with Crippen molar-refractivity contribution in [2.75, 3.05) is 23.3 Å². The molecule has 3 saturated heterocycles. The predicted octanol–water partition coefficient (Wildman–Crippen LogP) is 6.30. The molecule has 2 unspecified atom stereocenters. The highest BCUT2D eigenvalue weighted by Crippen LogP contribution is 2.35. The largest absolute Gasteiger partial charge is 0.489 e. The van der Waals surface area contributed by atoms with Crippen LogP contribution in [0.2, 0.25) is 0 Å². The number of aromatic nitrogens is 2. The van der Waals surface area contributed by atoms with Gasteiger partial charge in [0.1, 0.15) is 12.4 Å². The van der Waals surface area contributed by atoms with Gasteiger partial charge in [0.25, 0.3) is 6.43 Å². The fourth-order valence-electron chi connectivity index (χ4n) is 5.09. The van der Waals surface area contributed by atoms with Crippen LogP contribution in [0.25, 0.3) is 10.9 Å². The number of piperidine rings is 1. The van der Waals surface area contributed by atoms with Crippen molar-refractivity contribution in [3.05, 3.63) is 89.6 Å². The van der Waals surface area contributed by atoms with Crippen LogP contribution in [0.4, 0.5) is 20.2 Å². The maximum absolute atomic E-state index is 13.7. The van der Waals surface area contributed by atoms with Crippen LogP contribution in [-0.2, 0) is 11.3 Å². The van der Waals surface area contributed by atoms with Gasteiger partial charge in [0.2, 0.25) is 0 Å². The molecule has 0 radical (unpaired) electrons. The van der Waals surface area contributed by atoms with Crippen LogP contribution in [0.1, 0.15) is 42.5 Å². The molecule has 2 bridgehead atoms. The quantitative estimate of drug-likeness (QED) is 0.305. The zero-order chi connectivity index (χ0) is 25.4. The summed E-state index contributed by atoms with van der Waals surface area (Å²) in [6.07, 6.45) is 0.834. The van der Waals surface area contributed by atoms with Crippen LogP contribution in [0, 0.1) is 0 Å². The van der Waals surface area contributed by atoms with E-state index in [2.05, 4.69) is 32.5 Å². The molecule has 8 heteroatoms. The first kappa shape index (κ1) is 23.6. The van der Waals surface area contributed by atoms with E-state index in [0.29, 0.717) is 30.1 Å². The number of alkyl halides is 2. The fraction of sp³-hybridized carbons (Fsp3) is 0.310. The minimum Gasteiger partial charge on any atom is -0.489 e. The first-order valence-corrected chi connectivity index (χ1v) is 12.5.